The Morgan fingerprint density at radius 1 is 1.19 bits per heavy atom. The van der Waals surface area contributed by atoms with E-state index in [9.17, 15) is 14.4 Å². The number of nitrogens with zero attached hydrogens (tertiary/aromatic N) is 2. The summed E-state index contributed by atoms with van der Waals surface area (Å²) in [7, 11) is 0. The molecule has 3 amide bonds. The van der Waals surface area contributed by atoms with Crippen LogP contribution in [0, 0.1) is 0 Å². The lowest BCUT2D eigenvalue weighted by Gasteiger charge is -2.16. The number of hydrazone groups is 1. The maximum Gasteiger partial charge on any atom is 0.329 e. The van der Waals surface area contributed by atoms with Gasteiger partial charge in [0.1, 0.15) is 5.75 Å². The minimum atomic E-state index is -0.884. The molecule has 0 bridgehead atoms. The van der Waals surface area contributed by atoms with Crippen molar-refractivity contribution < 1.29 is 19.1 Å². The van der Waals surface area contributed by atoms with E-state index in [-0.39, 0.29) is 19.1 Å². The van der Waals surface area contributed by atoms with Crippen molar-refractivity contribution in [2.45, 2.75) is 12.8 Å². The van der Waals surface area contributed by atoms with Gasteiger partial charge in [0.05, 0.1) is 6.21 Å². The first-order chi connectivity index (χ1) is 12.6. The van der Waals surface area contributed by atoms with Crippen LogP contribution in [0.25, 0.3) is 0 Å². The Morgan fingerprint density at radius 2 is 1.92 bits per heavy atom. The van der Waals surface area contributed by atoms with E-state index >= 15 is 0 Å². The van der Waals surface area contributed by atoms with Gasteiger partial charge in [-0.15, -0.1) is 6.58 Å². The molecule has 1 aliphatic heterocycles. The van der Waals surface area contributed by atoms with Gasteiger partial charge in [-0.2, -0.15) is 5.10 Å². The number of likely N-dealkylation sites (tertiary alicyclic amines) is 1. The van der Waals surface area contributed by atoms with Gasteiger partial charge in [-0.3, -0.25) is 14.4 Å². The van der Waals surface area contributed by atoms with Crippen LogP contribution in [0.3, 0.4) is 0 Å². The Morgan fingerprint density at radius 3 is 2.65 bits per heavy atom. The number of para-hydroxylation sites is 1. The third-order valence-corrected chi connectivity index (χ3v) is 3.71. The van der Waals surface area contributed by atoms with Crippen molar-refractivity contribution in [3.8, 4) is 5.75 Å². The van der Waals surface area contributed by atoms with Crippen LogP contribution in [0.4, 0.5) is 0 Å². The van der Waals surface area contributed by atoms with Gasteiger partial charge in [0, 0.05) is 25.2 Å². The summed E-state index contributed by atoms with van der Waals surface area (Å²) in [6, 6.07) is 6.98. The van der Waals surface area contributed by atoms with Crippen LogP contribution < -0.4 is 15.5 Å². The van der Waals surface area contributed by atoms with Crippen molar-refractivity contribution in [3.63, 3.8) is 0 Å². The fourth-order valence-electron chi connectivity index (χ4n) is 2.37. The first kappa shape index (κ1) is 19.2. The van der Waals surface area contributed by atoms with Crippen molar-refractivity contribution in [2.24, 2.45) is 5.10 Å². The standard InChI is InChI=1S/C18H22N4O4/c1-2-9-19-17(24)18(25)21-20-12-14-7-3-4-8-15(14)26-13-16(23)22-10-5-6-11-22/h2-4,7-8,12H,1,5-6,9-11,13H2,(H,19,24)(H,21,25)/b20-12-. The molecule has 0 spiro atoms. The van der Waals surface area contributed by atoms with Crippen LogP contribution in [0.1, 0.15) is 18.4 Å². The average Bonchev–Trinajstić information content (AvgIpc) is 3.19. The van der Waals surface area contributed by atoms with E-state index in [0.29, 0.717) is 11.3 Å². The molecule has 8 nitrogen and oxygen atoms in total. The molecule has 1 saturated heterocycles. The molecule has 138 valence electrons. The molecule has 1 aliphatic rings. The summed E-state index contributed by atoms with van der Waals surface area (Å²) >= 11 is 0. The Bertz CT molecular complexity index is 696. The molecule has 2 N–H and O–H groups in total. The number of hydrogen-bond acceptors (Lipinski definition) is 5. The van der Waals surface area contributed by atoms with Gasteiger partial charge in [-0.1, -0.05) is 18.2 Å². The molecule has 0 atom stereocenters. The summed E-state index contributed by atoms with van der Waals surface area (Å²) in [6.07, 6.45) is 4.87. The van der Waals surface area contributed by atoms with E-state index in [0.717, 1.165) is 25.9 Å². The number of carbonyl (C=O) groups is 3. The Balaban J connectivity index is 1.89. The van der Waals surface area contributed by atoms with Gasteiger partial charge in [0.25, 0.3) is 5.91 Å². The molecule has 1 heterocycles. The van der Waals surface area contributed by atoms with Crippen molar-refractivity contribution in [1.29, 1.82) is 0 Å². The zero-order chi connectivity index (χ0) is 18.8. The van der Waals surface area contributed by atoms with Crippen LogP contribution in [0.15, 0.2) is 42.0 Å². The highest BCUT2D eigenvalue weighted by Crippen LogP contribution is 2.16. The van der Waals surface area contributed by atoms with E-state index in [1.165, 1.54) is 12.3 Å². The molecule has 1 fully saturated rings. The molecular weight excluding hydrogens is 336 g/mol. The number of amides is 3. The number of rotatable bonds is 7. The van der Waals surface area contributed by atoms with Gasteiger partial charge in [-0.25, -0.2) is 5.43 Å². The Hall–Kier alpha value is -3.16. The van der Waals surface area contributed by atoms with Crippen LogP contribution in [0.2, 0.25) is 0 Å². The van der Waals surface area contributed by atoms with Gasteiger partial charge >= 0.3 is 11.8 Å². The van der Waals surface area contributed by atoms with Crippen molar-refractivity contribution in [1.82, 2.24) is 15.6 Å². The van der Waals surface area contributed by atoms with Crippen molar-refractivity contribution >= 4 is 23.9 Å². The summed E-state index contributed by atoms with van der Waals surface area (Å²) in [5.41, 5.74) is 2.71. The van der Waals surface area contributed by atoms with Gasteiger partial charge in [0.15, 0.2) is 6.61 Å². The minimum Gasteiger partial charge on any atom is -0.483 e. The molecule has 0 saturated carbocycles. The molecule has 26 heavy (non-hydrogen) atoms. The molecule has 0 aliphatic carbocycles. The monoisotopic (exact) mass is 358 g/mol. The number of benzene rings is 1. The summed E-state index contributed by atoms with van der Waals surface area (Å²) in [4.78, 5) is 36.8. The smallest absolute Gasteiger partial charge is 0.329 e. The number of hydrogen-bond donors (Lipinski definition) is 2. The van der Waals surface area contributed by atoms with Crippen LogP contribution in [-0.4, -0.2) is 55.1 Å². The van der Waals surface area contributed by atoms with Crippen LogP contribution in [-0.2, 0) is 14.4 Å². The zero-order valence-corrected chi connectivity index (χ0v) is 14.4. The lowest BCUT2D eigenvalue weighted by Crippen LogP contribution is -2.37. The lowest BCUT2D eigenvalue weighted by atomic mass is 10.2. The minimum absolute atomic E-state index is 0.0542. The van der Waals surface area contributed by atoms with Crippen LogP contribution in [0.5, 0.6) is 5.75 Å². The lowest BCUT2D eigenvalue weighted by molar-refractivity contribution is -0.139. The van der Waals surface area contributed by atoms with E-state index in [2.05, 4.69) is 22.4 Å². The van der Waals surface area contributed by atoms with Crippen molar-refractivity contribution in [2.75, 3.05) is 26.2 Å². The third-order valence-electron chi connectivity index (χ3n) is 3.71. The van der Waals surface area contributed by atoms with E-state index in [1.54, 1.807) is 29.2 Å². The maximum absolute atomic E-state index is 12.1. The van der Waals surface area contributed by atoms with E-state index in [1.807, 2.05) is 0 Å². The highest BCUT2D eigenvalue weighted by molar-refractivity contribution is 6.35. The highest BCUT2D eigenvalue weighted by atomic mass is 16.5. The average molecular weight is 358 g/mol. The van der Waals surface area contributed by atoms with Crippen molar-refractivity contribution in [3.05, 3.63) is 42.5 Å². The quantitative estimate of drug-likeness (QED) is 0.320. The predicted molar refractivity (Wildman–Crippen MR) is 96.7 cm³/mol. The van der Waals surface area contributed by atoms with Crippen LogP contribution >= 0.6 is 0 Å². The normalized spacial score (nSPS) is 13.5. The second-order valence-corrected chi connectivity index (χ2v) is 5.61. The van der Waals surface area contributed by atoms with E-state index in [4.69, 9.17) is 4.74 Å². The molecule has 0 unspecified atom stereocenters. The number of carbonyl (C=O) groups excluding carboxylic acids is 3. The highest BCUT2D eigenvalue weighted by Gasteiger charge is 2.18. The molecule has 1 aromatic carbocycles. The topological polar surface area (TPSA) is 100 Å². The summed E-state index contributed by atoms with van der Waals surface area (Å²) in [5, 5.41) is 6.09. The number of nitrogens with one attached hydrogen (secondary N) is 2. The summed E-state index contributed by atoms with van der Waals surface area (Å²) in [5.74, 6) is -1.27. The number of ether oxygens (including phenoxy) is 1. The molecule has 0 radical (unpaired) electrons. The first-order valence-electron chi connectivity index (χ1n) is 8.33. The first-order valence-corrected chi connectivity index (χ1v) is 8.33. The van der Waals surface area contributed by atoms with Gasteiger partial charge in [-0.05, 0) is 25.0 Å². The van der Waals surface area contributed by atoms with Gasteiger partial charge < -0.3 is 15.0 Å². The fraction of sp³-hybridized carbons (Fsp3) is 0.333. The molecule has 8 heteroatoms. The molecule has 1 aromatic rings. The third kappa shape index (κ3) is 5.73. The Kier molecular flexibility index (Phi) is 7.35. The molecule has 2 rings (SSSR count). The molecule has 0 aromatic heterocycles. The second-order valence-electron chi connectivity index (χ2n) is 5.61. The predicted octanol–water partition coefficient (Wildman–Crippen LogP) is 0.440. The largest absolute Gasteiger partial charge is 0.483 e. The van der Waals surface area contributed by atoms with E-state index < -0.39 is 11.8 Å². The Labute approximate surface area is 151 Å². The summed E-state index contributed by atoms with van der Waals surface area (Å²) < 4.78 is 5.58. The summed E-state index contributed by atoms with van der Waals surface area (Å²) in [6.45, 7) is 5.12. The molecular formula is C18H22N4O4. The second kappa shape index (κ2) is 9.97. The van der Waals surface area contributed by atoms with Gasteiger partial charge in [0.2, 0.25) is 0 Å². The zero-order valence-electron chi connectivity index (χ0n) is 14.4. The maximum atomic E-state index is 12.1. The SMILES string of the molecule is C=CCNC(=O)C(=O)N/N=C\c1ccccc1OCC(=O)N1CCCC1. The fourth-order valence-corrected chi connectivity index (χ4v) is 2.37.